The summed E-state index contributed by atoms with van der Waals surface area (Å²) in [5.74, 6) is 0.539. The molecule has 0 spiro atoms. The molecular formula is C24H33N3O3. The van der Waals surface area contributed by atoms with Crippen molar-refractivity contribution < 1.29 is 14.4 Å². The first kappa shape index (κ1) is 20.9. The second-order valence-electron chi connectivity index (χ2n) is 9.18. The molecule has 0 aromatic heterocycles. The number of amides is 3. The minimum absolute atomic E-state index is 0.00882. The molecule has 3 amide bonds. The minimum atomic E-state index is -0.695. The van der Waals surface area contributed by atoms with Gasteiger partial charge in [-0.2, -0.15) is 0 Å². The molecule has 1 aliphatic carbocycles. The van der Waals surface area contributed by atoms with Crippen LogP contribution in [0.2, 0.25) is 0 Å². The van der Waals surface area contributed by atoms with Crippen LogP contribution in [0.4, 0.5) is 5.69 Å². The Bertz CT molecular complexity index is 839. The van der Waals surface area contributed by atoms with Crippen LogP contribution in [0.1, 0.15) is 82.0 Å². The highest BCUT2D eigenvalue weighted by Gasteiger charge is 2.52. The van der Waals surface area contributed by atoms with E-state index >= 15 is 0 Å². The van der Waals surface area contributed by atoms with Crippen molar-refractivity contribution in [2.45, 2.75) is 83.3 Å². The Morgan fingerprint density at radius 3 is 2.83 bits per heavy atom. The van der Waals surface area contributed by atoms with Crippen molar-refractivity contribution in [3.63, 3.8) is 0 Å². The standard InChI is InChI=1S/C24H33N3O3/c1-3-4-8-17-9-7-11-19(17)25-21(28)14-16-26-23(30)18-10-5-6-12-20(18)27-22(29)13-15-24(26,27)2/h5-6,10,12,17,19H,3-4,7-9,11,13-16H2,1-2H3,(H,25,28). The van der Waals surface area contributed by atoms with Gasteiger partial charge in [-0.25, -0.2) is 0 Å². The SMILES string of the molecule is CCCCC1CCCC1NC(=O)CCN1C(=O)c2ccccc2N2C(=O)CCC12C. The van der Waals surface area contributed by atoms with Crippen molar-refractivity contribution in [1.29, 1.82) is 0 Å². The van der Waals surface area contributed by atoms with Crippen LogP contribution in [0.15, 0.2) is 24.3 Å². The second-order valence-corrected chi connectivity index (χ2v) is 9.18. The molecule has 3 aliphatic rings. The third kappa shape index (κ3) is 3.61. The topological polar surface area (TPSA) is 69.7 Å². The normalized spacial score (nSPS) is 27.9. The van der Waals surface area contributed by atoms with Crippen molar-refractivity contribution in [2.24, 2.45) is 5.92 Å². The number of benzene rings is 1. The number of hydrogen-bond acceptors (Lipinski definition) is 3. The van der Waals surface area contributed by atoms with Crippen LogP contribution in [0, 0.1) is 5.92 Å². The zero-order valence-electron chi connectivity index (χ0n) is 18.2. The Hall–Kier alpha value is -2.37. The molecule has 0 bridgehead atoms. The lowest BCUT2D eigenvalue weighted by Gasteiger charge is -2.48. The number of para-hydroxylation sites is 1. The van der Waals surface area contributed by atoms with Gasteiger partial charge in [-0.1, -0.05) is 38.3 Å². The Labute approximate surface area is 179 Å². The van der Waals surface area contributed by atoms with Crippen LogP contribution in [0.25, 0.3) is 0 Å². The fraction of sp³-hybridized carbons (Fsp3) is 0.625. The van der Waals surface area contributed by atoms with Crippen molar-refractivity contribution in [2.75, 3.05) is 11.4 Å². The molecule has 1 aromatic rings. The zero-order chi connectivity index (χ0) is 21.3. The van der Waals surface area contributed by atoms with E-state index in [2.05, 4.69) is 12.2 Å². The molecular weight excluding hydrogens is 378 g/mol. The number of unbranched alkanes of at least 4 members (excludes halogenated alkanes) is 1. The van der Waals surface area contributed by atoms with E-state index in [0.29, 0.717) is 36.6 Å². The molecule has 4 rings (SSSR count). The molecule has 2 heterocycles. The summed E-state index contributed by atoms with van der Waals surface area (Å²) in [5.41, 5.74) is 0.541. The summed E-state index contributed by atoms with van der Waals surface area (Å²) >= 11 is 0. The van der Waals surface area contributed by atoms with Crippen LogP contribution in [-0.2, 0) is 9.59 Å². The molecule has 6 nitrogen and oxygen atoms in total. The lowest BCUT2D eigenvalue weighted by molar-refractivity contribution is -0.122. The summed E-state index contributed by atoms with van der Waals surface area (Å²) in [5, 5.41) is 3.23. The van der Waals surface area contributed by atoms with Gasteiger partial charge in [0.2, 0.25) is 11.8 Å². The summed E-state index contributed by atoms with van der Waals surface area (Å²) < 4.78 is 0. The van der Waals surface area contributed by atoms with Gasteiger partial charge >= 0.3 is 0 Å². The first-order valence-electron chi connectivity index (χ1n) is 11.5. The number of nitrogens with zero attached hydrogens (tertiary/aromatic N) is 2. The van der Waals surface area contributed by atoms with E-state index in [1.807, 2.05) is 25.1 Å². The highest BCUT2D eigenvalue weighted by Crippen LogP contribution is 2.44. The maximum atomic E-state index is 13.3. The van der Waals surface area contributed by atoms with Gasteiger partial charge in [-0.3, -0.25) is 19.3 Å². The zero-order valence-corrected chi connectivity index (χ0v) is 18.2. The molecule has 0 radical (unpaired) electrons. The molecule has 2 aliphatic heterocycles. The van der Waals surface area contributed by atoms with Gasteiger partial charge in [0, 0.05) is 25.4 Å². The summed E-state index contributed by atoms with van der Waals surface area (Å²) in [4.78, 5) is 42.1. The monoisotopic (exact) mass is 411 g/mol. The van der Waals surface area contributed by atoms with E-state index in [1.54, 1.807) is 15.9 Å². The highest BCUT2D eigenvalue weighted by molar-refractivity contribution is 6.10. The Morgan fingerprint density at radius 2 is 2.03 bits per heavy atom. The number of carbonyl (C=O) groups is 3. The van der Waals surface area contributed by atoms with Gasteiger partial charge in [0.05, 0.1) is 11.3 Å². The lowest BCUT2D eigenvalue weighted by Crippen LogP contribution is -2.62. The van der Waals surface area contributed by atoms with Crippen molar-refractivity contribution in [1.82, 2.24) is 10.2 Å². The van der Waals surface area contributed by atoms with Gasteiger partial charge in [-0.15, -0.1) is 0 Å². The number of anilines is 1. The Kier molecular flexibility index (Phi) is 5.85. The number of hydrogen-bond donors (Lipinski definition) is 1. The molecule has 3 atom stereocenters. The van der Waals surface area contributed by atoms with Crippen LogP contribution >= 0.6 is 0 Å². The molecule has 1 N–H and O–H groups in total. The average molecular weight is 412 g/mol. The maximum absolute atomic E-state index is 13.3. The average Bonchev–Trinajstić information content (AvgIpc) is 3.30. The lowest BCUT2D eigenvalue weighted by atomic mass is 9.96. The third-order valence-corrected chi connectivity index (χ3v) is 7.24. The Morgan fingerprint density at radius 1 is 1.23 bits per heavy atom. The summed E-state index contributed by atoms with van der Waals surface area (Å²) in [6.45, 7) is 4.47. The number of fused-ring (bicyclic) bond motifs is 3. The van der Waals surface area contributed by atoms with E-state index in [0.717, 1.165) is 6.42 Å². The van der Waals surface area contributed by atoms with Crippen molar-refractivity contribution >= 4 is 23.4 Å². The number of rotatable bonds is 7. The maximum Gasteiger partial charge on any atom is 0.257 e. The quantitative estimate of drug-likeness (QED) is 0.741. The van der Waals surface area contributed by atoms with Crippen molar-refractivity contribution in [3.05, 3.63) is 29.8 Å². The minimum Gasteiger partial charge on any atom is -0.353 e. The summed E-state index contributed by atoms with van der Waals surface area (Å²) in [7, 11) is 0. The molecule has 30 heavy (non-hydrogen) atoms. The van der Waals surface area contributed by atoms with Crippen LogP contribution in [-0.4, -0.2) is 40.9 Å². The smallest absolute Gasteiger partial charge is 0.257 e. The first-order chi connectivity index (χ1) is 14.5. The van der Waals surface area contributed by atoms with Gasteiger partial charge in [0.25, 0.3) is 5.91 Å². The molecule has 3 unspecified atom stereocenters. The van der Waals surface area contributed by atoms with E-state index in [1.165, 1.54) is 32.1 Å². The second kappa shape index (κ2) is 8.40. The number of nitrogens with one attached hydrogen (secondary N) is 1. The van der Waals surface area contributed by atoms with E-state index < -0.39 is 5.66 Å². The van der Waals surface area contributed by atoms with Gasteiger partial charge < -0.3 is 10.2 Å². The third-order valence-electron chi connectivity index (χ3n) is 7.24. The molecule has 1 saturated carbocycles. The predicted molar refractivity (Wildman–Crippen MR) is 116 cm³/mol. The fourth-order valence-corrected chi connectivity index (χ4v) is 5.57. The van der Waals surface area contributed by atoms with E-state index in [-0.39, 0.29) is 30.2 Å². The largest absolute Gasteiger partial charge is 0.353 e. The van der Waals surface area contributed by atoms with Gasteiger partial charge in [0.1, 0.15) is 5.66 Å². The first-order valence-corrected chi connectivity index (χ1v) is 11.5. The van der Waals surface area contributed by atoms with E-state index in [9.17, 15) is 14.4 Å². The molecule has 1 aromatic carbocycles. The summed E-state index contributed by atoms with van der Waals surface area (Å²) in [6.07, 6.45) is 8.27. The van der Waals surface area contributed by atoms with Crippen molar-refractivity contribution in [3.8, 4) is 0 Å². The highest BCUT2D eigenvalue weighted by atomic mass is 16.2. The van der Waals surface area contributed by atoms with Crippen LogP contribution < -0.4 is 10.2 Å². The molecule has 162 valence electrons. The summed E-state index contributed by atoms with van der Waals surface area (Å²) in [6, 6.07) is 7.56. The molecule has 6 heteroatoms. The van der Waals surface area contributed by atoms with Crippen LogP contribution in [0.5, 0.6) is 0 Å². The van der Waals surface area contributed by atoms with E-state index in [4.69, 9.17) is 0 Å². The number of carbonyl (C=O) groups excluding carboxylic acids is 3. The predicted octanol–water partition coefficient (Wildman–Crippen LogP) is 3.85. The molecule has 2 fully saturated rings. The van der Waals surface area contributed by atoms with Gasteiger partial charge in [-0.05, 0) is 50.7 Å². The van der Waals surface area contributed by atoms with Crippen LogP contribution in [0.3, 0.4) is 0 Å². The fourth-order valence-electron chi connectivity index (χ4n) is 5.57. The van der Waals surface area contributed by atoms with Gasteiger partial charge in [0.15, 0.2) is 0 Å². The Balaban J connectivity index is 1.45. The molecule has 1 saturated heterocycles.